The van der Waals surface area contributed by atoms with Crippen molar-refractivity contribution in [3.63, 3.8) is 0 Å². The number of aryl methyl sites for hydroxylation is 2. The molecule has 2 saturated heterocycles. The van der Waals surface area contributed by atoms with E-state index in [1.165, 1.54) is 11.9 Å². The number of rotatable bonds is 5. The lowest BCUT2D eigenvalue weighted by molar-refractivity contribution is -0.179. The Hall–Kier alpha value is -1.82. The highest BCUT2D eigenvalue weighted by Gasteiger charge is 2.52. The quantitative estimate of drug-likeness (QED) is 0.603. The number of nitrogens with zero attached hydrogens (tertiary/aromatic N) is 2. The van der Waals surface area contributed by atoms with Gasteiger partial charge in [-0.2, -0.15) is 13.1 Å². The van der Waals surface area contributed by atoms with Gasteiger partial charge >= 0.3 is 11.3 Å². The zero-order chi connectivity index (χ0) is 25.5. The minimum absolute atomic E-state index is 0.0878. The summed E-state index contributed by atoms with van der Waals surface area (Å²) in [7, 11) is -3.37. The molecule has 0 aliphatic carbocycles. The number of carbonyl (C=O) groups is 1. The SMILES string of the molecule is Cc1cc(N(C)C(=O)OC(C)(C)C)cc(C)c1CC(F)(F)S(=O)(=O)N1CCC2(CC1)OCCO2. The Morgan fingerprint density at radius 3 is 2.09 bits per heavy atom. The van der Waals surface area contributed by atoms with Gasteiger partial charge in [0.05, 0.1) is 19.6 Å². The average Bonchev–Trinajstić information content (AvgIpc) is 3.16. The van der Waals surface area contributed by atoms with Crippen LogP contribution >= 0.6 is 0 Å². The second kappa shape index (κ2) is 9.33. The molecule has 2 fully saturated rings. The van der Waals surface area contributed by atoms with Crippen LogP contribution in [0.3, 0.4) is 0 Å². The fourth-order valence-electron chi connectivity index (χ4n) is 4.22. The van der Waals surface area contributed by atoms with Crippen LogP contribution in [-0.4, -0.2) is 68.8 Å². The van der Waals surface area contributed by atoms with E-state index in [1.807, 2.05) is 0 Å². The fraction of sp³-hybridized carbons (Fsp3) is 0.696. The summed E-state index contributed by atoms with van der Waals surface area (Å²) in [5, 5.41) is -4.00. The molecule has 34 heavy (non-hydrogen) atoms. The van der Waals surface area contributed by atoms with Gasteiger partial charge in [0.25, 0.3) is 10.0 Å². The minimum atomic E-state index is -4.90. The third kappa shape index (κ3) is 5.53. The van der Waals surface area contributed by atoms with Crippen LogP contribution in [0.15, 0.2) is 12.1 Å². The maximum Gasteiger partial charge on any atom is 0.414 e. The van der Waals surface area contributed by atoms with Gasteiger partial charge in [-0.25, -0.2) is 13.2 Å². The Morgan fingerprint density at radius 1 is 1.12 bits per heavy atom. The molecule has 1 spiro atoms. The molecular formula is C23H34F2N2O6S. The summed E-state index contributed by atoms with van der Waals surface area (Å²) in [4.78, 5) is 13.7. The first-order valence-electron chi connectivity index (χ1n) is 11.3. The highest BCUT2D eigenvalue weighted by molar-refractivity contribution is 7.90. The highest BCUT2D eigenvalue weighted by Crippen LogP contribution is 2.38. The first-order valence-corrected chi connectivity index (χ1v) is 12.7. The van der Waals surface area contributed by atoms with Gasteiger partial charge in [-0.3, -0.25) is 4.90 Å². The molecule has 0 aromatic heterocycles. The normalized spacial score (nSPS) is 19.4. The Bertz CT molecular complexity index is 999. The second-order valence-corrected chi connectivity index (χ2v) is 12.0. The van der Waals surface area contributed by atoms with Crippen molar-refractivity contribution in [2.24, 2.45) is 0 Å². The van der Waals surface area contributed by atoms with Crippen molar-refractivity contribution in [1.29, 1.82) is 0 Å². The third-order valence-electron chi connectivity index (χ3n) is 6.13. The number of anilines is 1. The summed E-state index contributed by atoms with van der Waals surface area (Å²) in [5.74, 6) is -0.857. The Kier molecular flexibility index (Phi) is 7.35. The number of amides is 1. The summed E-state index contributed by atoms with van der Waals surface area (Å²) in [5.41, 5.74) is 0.940. The number of benzene rings is 1. The number of piperidine rings is 1. The van der Waals surface area contributed by atoms with Crippen molar-refractivity contribution in [3.8, 4) is 0 Å². The number of alkyl halides is 2. The lowest BCUT2D eigenvalue weighted by atomic mass is 9.99. The lowest BCUT2D eigenvalue weighted by Crippen LogP contribution is -2.52. The van der Waals surface area contributed by atoms with E-state index < -0.39 is 39.2 Å². The topological polar surface area (TPSA) is 85.4 Å². The van der Waals surface area contributed by atoms with Gasteiger partial charge in [0, 0.05) is 38.7 Å². The summed E-state index contributed by atoms with van der Waals surface area (Å²) < 4.78 is 73.4. The summed E-state index contributed by atoms with van der Waals surface area (Å²) in [6.45, 7) is 9.14. The molecular weight excluding hydrogens is 470 g/mol. The molecule has 1 aromatic carbocycles. The van der Waals surface area contributed by atoms with E-state index in [-0.39, 0.29) is 31.5 Å². The predicted octanol–water partition coefficient (Wildman–Crippen LogP) is 3.98. The zero-order valence-electron chi connectivity index (χ0n) is 20.6. The predicted molar refractivity (Wildman–Crippen MR) is 124 cm³/mol. The van der Waals surface area contributed by atoms with Crippen LogP contribution in [-0.2, 0) is 30.7 Å². The van der Waals surface area contributed by atoms with Gasteiger partial charge in [0.2, 0.25) is 0 Å². The van der Waals surface area contributed by atoms with Gasteiger partial charge in [-0.05, 0) is 63.4 Å². The van der Waals surface area contributed by atoms with Crippen molar-refractivity contribution in [2.45, 2.75) is 70.5 Å². The molecule has 0 bridgehead atoms. The van der Waals surface area contributed by atoms with Gasteiger partial charge in [0.15, 0.2) is 5.79 Å². The summed E-state index contributed by atoms with van der Waals surface area (Å²) >= 11 is 0. The van der Waals surface area contributed by atoms with Crippen molar-refractivity contribution >= 4 is 21.8 Å². The molecule has 2 aliphatic heterocycles. The van der Waals surface area contributed by atoms with E-state index in [0.717, 1.165) is 4.31 Å². The second-order valence-electron chi connectivity index (χ2n) is 9.92. The van der Waals surface area contributed by atoms with Gasteiger partial charge in [-0.15, -0.1) is 0 Å². The molecule has 1 amide bonds. The number of sulfonamides is 1. The molecule has 0 unspecified atom stereocenters. The number of halogens is 2. The molecule has 2 aliphatic rings. The van der Waals surface area contributed by atoms with E-state index >= 15 is 8.78 Å². The number of hydrogen-bond donors (Lipinski definition) is 0. The first-order chi connectivity index (χ1) is 15.6. The summed E-state index contributed by atoms with van der Waals surface area (Å²) in [6, 6.07) is 3.16. The molecule has 192 valence electrons. The van der Waals surface area contributed by atoms with Crippen LogP contribution in [0.5, 0.6) is 0 Å². The largest absolute Gasteiger partial charge is 0.443 e. The fourth-order valence-corrected chi connectivity index (χ4v) is 5.59. The van der Waals surface area contributed by atoms with Crippen molar-refractivity contribution in [2.75, 3.05) is 38.3 Å². The van der Waals surface area contributed by atoms with E-state index in [1.54, 1.807) is 46.8 Å². The molecule has 3 rings (SSSR count). The highest BCUT2D eigenvalue weighted by atomic mass is 32.2. The van der Waals surface area contributed by atoms with E-state index in [9.17, 15) is 13.2 Å². The average molecular weight is 505 g/mol. The van der Waals surface area contributed by atoms with Crippen LogP contribution < -0.4 is 4.90 Å². The Labute approximate surface area is 200 Å². The van der Waals surface area contributed by atoms with Gasteiger partial charge < -0.3 is 14.2 Å². The van der Waals surface area contributed by atoms with E-state index in [0.29, 0.717) is 30.0 Å². The molecule has 1 aromatic rings. The van der Waals surface area contributed by atoms with Crippen molar-refractivity contribution in [1.82, 2.24) is 4.31 Å². The maximum atomic E-state index is 15.2. The van der Waals surface area contributed by atoms with Crippen LogP contribution in [0.4, 0.5) is 19.3 Å². The molecule has 0 saturated carbocycles. The van der Waals surface area contributed by atoms with Gasteiger partial charge in [0.1, 0.15) is 5.60 Å². The monoisotopic (exact) mass is 504 g/mol. The number of carbonyl (C=O) groups excluding carboxylic acids is 1. The van der Waals surface area contributed by atoms with Crippen LogP contribution in [0.25, 0.3) is 0 Å². The number of hydrogen-bond acceptors (Lipinski definition) is 6. The molecule has 8 nitrogen and oxygen atoms in total. The summed E-state index contributed by atoms with van der Waals surface area (Å²) in [6.07, 6.45) is -1.11. The zero-order valence-corrected chi connectivity index (χ0v) is 21.4. The Balaban J connectivity index is 1.76. The first kappa shape index (κ1) is 26.8. The minimum Gasteiger partial charge on any atom is -0.443 e. The standard InChI is InChI=1S/C23H34F2N2O6S/c1-16-13-18(26(6)20(28)33-21(3,4)5)14-17(2)19(16)15-23(24,25)34(29,30)27-9-7-22(8-10-27)31-11-12-32-22/h13-14H,7-12,15H2,1-6H3. The molecule has 0 atom stereocenters. The van der Waals surface area contributed by atoms with Crippen LogP contribution in [0.1, 0.15) is 50.3 Å². The smallest absolute Gasteiger partial charge is 0.414 e. The van der Waals surface area contributed by atoms with Crippen LogP contribution in [0.2, 0.25) is 0 Å². The number of ether oxygens (including phenoxy) is 3. The van der Waals surface area contributed by atoms with E-state index in [4.69, 9.17) is 14.2 Å². The molecule has 2 heterocycles. The van der Waals surface area contributed by atoms with Crippen LogP contribution in [0, 0.1) is 13.8 Å². The van der Waals surface area contributed by atoms with Crippen molar-refractivity contribution in [3.05, 3.63) is 28.8 Å². The van der Waals surface area contributed by atoms with E-state index in [2.05, 4.69) is 0 Å². The maximum absolute atomic E-state index is 15.2. The van der Waals surface area contributed by atoms with Crippen molar-refractivity contribution < 1.29 is 36.2 Å². The molecule has 11 heteroatoms. The molecule has 0 N–H and O–H groups in total. The molecule has 0 radical (unpaired) electrons. The Morgan fingerprint density at radius 2 is 1.62 bits per heavy atom. The third-order valence-corrected chi connectivity index (χ3v) is 8.08. The van der Waals surface area contributed by atoms with Gasteiger partial charge in [-0.1, -0.05) is 0 Å². The lowest BCUT2D eigenvalue weighted by Gasteiger charge is -2.38.